The van der Waals surface area contributed by atoms with Gasteiger partial charge in [-0.1, -0.05) is 20.8 Å². The highest BCUT2D eigenvalue weighted by Crippen LogP contribution is 2.44. The Morgan fingerprint density at radius 2 is 1.90 bits per heavy atom. The summed E-state index contributed by atoms with van der Waals surface area (Å²) in [6.45, 7) is 7.62. The van der Waals surface area contributed by atoms with Crippen LogP contribution in [0.3, 0.4) is 0 Å². The van der Waals surface area contributed by atoms with Crippen molar-refractivity contribution in [2.45, 2.75) is 45.6 Å². The van der Waals surface area contributed by atoms with Crippen molar-refractivity contribution >= 4 is 0 Å². The predicted molar refractivity (Wildman–Crippen MR) is 45.1 cm³/mol. The van der Waals surface area contributed by atoms with Crippen LogP contribution in [-0.2, 0) is 0 Å². The van der Waals surface area contributed by atoms with E-state index in [1.165, 1.54) is 25.8 Å². The summed E-state index contributed by atoms with van der Waals surface area (Å²) in [5.74, 6) is 0.969. The molecule has 60 valence electrons. The van der Waals surface area contributed by atoms with Gasteiger partial charge in [-0.2, -0.15) is 0 Å². The van der Waals surface area contributed by atoms with Crippen molar-refractivity contribution in [1.82, 2.24) is 5.32 Å². The van der Waals surface area contributed by atoms with Crippen molar-refractivity contribution in [3.8, 4) is 0 Å². The molecule has 1 aliphatic heterocycles. The number of hydrogen-bond acceptors (Lipinski definition) is 1. The summed E-state index contributed by atoms with van der Waals surface area (Å²) >= 11 is 0. The van der Waals surface area contributed by atoms with E-state index in [0.29, 0.717) is 5.54 Å². The predicted octanol–water partition coefficient (Wildman–Crippen LogP) is 2.17. The zero-order valence-corrected chi connectivity index (χ0v) is 7.41. The highest BCUT2D eigenvalue weighted by atomic mass is 15.1. The van der Waals surface area contributed by atoms with E-state index in [9.17, 15) is 0 Å². The van der Waals surface area contributed by atoms with Crippen molar-refractivity contribution in [2.75, 3.05) is 6.54 Å². The van der Waals surface area contributed by atoms with E-state index in [1.54, 1.807) is 0 Å². The van der Waals surface area contributed by atoms with Crippen LogP contribution in [0.1, 0.15) is 40.0 Å². The lowest BCUT2D eigenvalue weighted by Crippen LogP contribution is -2.66. The third kappa shape index (κ3) is 0.968. The highest BCUT2D eigenvalue weighted by Gasteiger charge is 2.47. The van der Waals surface area contributed by atoms with Crippen LogP contribution >= 0.6 is 0 Å². The van der Waals surface area contributed by atoms with Crippen molar-refractivity contribution in [1.29, 1.82) is 0 Å². The molecule has 2 atom stereocenters. The van der Waals surface area contributed by atoms with Gasteiger partial charge in [-0.25, -0.2) is 0 Å². The van der Waals surface area contributed by atoms with E-state index in [2.05, 4.69) is 12.2 Å². The van der Waals surface area contributed by atoms with Crippen LogP contribution in [0.25, 0.3) is 0 Å². The minimum atomic E-state index is 0.653. The molecule has 2 aliphatic rings. The zero-order valence-electron chi connectivity index (χ0n) is 7.41. The fraction of sp³-hybridized carbons (Fsp3) is 1.00. The van der Waals surface area contributed by atoms with Crippen LogP contribution in [0.5, 0.6) is 0 Å². The summed E-state index contributed by atoms with van der Waals surface area (Å²) in [5, 5.41) is 3.51. The molecule has 0 aromatic heterocycles. The van der Waals surface area contributed by atoms with Crippen LogP contribution in [0.4, 0.5) is 0 Å². The van der Waals surface area contributed by atoms with Gasteiger partial charge in [-0.15, -0.1) is 0 Å². The standard InChI is InChI=1S/C7H13N.C2H6/c1-6-2-3-7(6)4-5-8-7;1-2/h6,8H,2-5H2,1H3;1-2H3. The van der Waals surface area contributed by atoms with Crippen molar-refractivity contribution in [2.24, 2.45) is 5.92 Å². The Kier molecular flexibility index (Phi) is 2.35. The SMILES string of the molecule is CC.CC1CCC12CCN2. The van der Waals surface area contributed by atoms with E-state index in [4.69, 9.17) is 0 Å². The molecule has 0 aromatic rings. The molecule has 0 amide bonds. The maximum atomic E-state index is 3.51. The summed E-state index contributed by atoms with van der Waals surface area (Å²) in [7, 11) is 0. The van der Waals surface area contributed by atoms with Crippen LogP contribution < -0.4 is 5.32 Å². The second-order valence-electron chi connectivity index (χ2n) is 3.27. The third-order valence-electron chi connectivity index (χ3n) is 3.01. The van der Waals surface area contributed by atoms with Gasteiger partial charge < -0.3 is 5.32 Å². The Labute approximate surface area is 64.2 Å². The average Bonchev–Trinajstić information content (AvgIpc) is 1.86. The third-order valence-corrected chi connectivity index (χ3v) is 3.01. The summed E-state index contributed by atoms with van der Waals surface area (Å²) < 4.78 is 0. The molecule has 1 saturated carbocycles. The Morgan fingerprint density at radius 1 is 1.30 bits per heavy atom. The van der Waals surface area contributed by atoms with Crippen LogP contribution in [-0.4, -0.2) is 12.1 Å². The second-order valence-corrected chi connectivity index (χ2v) is 3.27. The summed E-state index contributed by atoms with van der Waals surface area (Å²) in [4.78, 5) is 0. The number of nitrogens with one attached hydrogen (secondary N) is 1. The Bertz CT molecular complexity index is 99.8. The fourth-order valence-corrected chi connectivity index (χ4v) is 1.86. The Balaban J connectivity index is 0.000000231. The largest absolute Gasteiger partial charge is 0.311 e. The molecule has 0 radical (unpaired) electrons. The first kappa shape index (κ1) is 8.06. The van der Waals surface area contributed by atoms with Crippen molar-refractivity contribution in [3.05, 3.63) is 0 Å². The molecule has 1 N–H and O–H groups in total. The van der Waals surface area contributed by atoms with Crippen molar-refractivity contribution in [3.63, 3.8) is 0 Å². The minimum absolute atomic E-state index is 0.653. The van der Waals surface area contributed by atoms with Gasteiger partial charge in [0.15, 0.2) is 0 Å². The molecule has 2 rings (SSSR count). The van der Waals surface area contributed by atoms with Gasteiger partial charge in [0.25, 0.3) is 0 Å². The average molecular weight is 141 g/mol. The molecule has 2 unspecified atom stereocenters. The first-order chi connectivity index (χ1) is 4.83. The molecule has 1 saturated heterocycles. The molecule has 1 spiro atoms. The fourth-order valence-electron chi connectivity index (χ4n) is 1.86. The van der Waals surface area contributed by atoms with Gasteiger partial charge in [0.1, 0.15) is 0 Å². The van der Waals surface area contributed by atoms with Gasteiger partial charge in [0, 0.05) is 5.54 Å². The molecule has 1 aliphatic carbocycles. The topological polar surface area (TPSA) is 12.0 Å². The summed E-state index contributed by atoms with van der Waals surface area (Å²) in [5.41, 5.74) is 0.653. The van der Waals surface area contributed by atoms with Crippen LogP contribution in [0.15, 0.2) is 0 Å². The molecule has 1 heterocycles. The first-order valence-electron chi connectivity index (χ1n) is 4.58. The number of rotatable bonds is 0. The lowest BCUT2D eigenvalue weighted by molar-refractivity contribution is 0.0297. The van der Waals surface area contributed by atoms with E-state index in [-0.39, 0.29) is 0 Å². The summed E-state index contributed by atoms with van der Waals surface area (Å²) in [6.07, 6.45) is 4.33. The maximum Gasteiger partial charge on any atom is 0.0219 e. The molecule has 0 bridgehead atoms. The molecule has 10 heavy (non-hydrogen) atoms. The molecule has 1 nitrogen and oxygen atoms in total. The van der Waals surface area contributed by atoms with E-state index < -0.39 is 0 Å². The lowest BCUT2D eigenvalue weighted by Gasteiger charge is -2.55. The van der Waals surface area contributed by atoms with Gasteiger partial charge in [0.05, 0.1) is 0 Å². The smallest absolute Gasteiger partial charge is 0.0219 e. The van der Waals surface area contributed by atoms with Gasteiger partial charge in [-0.3, -0.25) is 0 Å². The van der Waals surface area contributed by atoms with Crippen molar-refractivity contribution < 1.29 is 0 Å². The van der Waals surface area contributed by atoms with Gasteiger partial charge in [-0.05, 0) is 31.7 Å². The maximum absolute atomic E-state index is 3.51. The Morgan fingerprint density at radius 3 is 1.90 bits per heavy atom. The Hall–Kier alpha value is -0.0400. The molecule has 2 fully saturated rings. The van der Waals surface area contributed by atoms with Crippen LogP contribution in [0.2, 0.25) is 0 Å². The quantitative estimate of drug-likeness (QED) is 0.545. The summed E-state index contributed by atoms with van der Waals surface area (Å²) in [6, 6.07) is 0. The normalized spacial score (nSPS) is 42.9. The highest BCUT2D eigenvalue weighted by molar-refractivity contribution is 5.06. The monoisotopic (exact) mass is 141 g/mol. The zero-order chi connectivity index (χ0) is 7.61. The lowest BCUT2D eigenvalue weighted by atomic mass is 9.62. The molecule has 0 aromatic carbocycles. The molecular formula is C9H19N. The van der Waals surface area contributed by atoms with Gasteiger partial charge in [0.2, 0.25) is 0 Å². The van der Waals surface area contributed by atoms with Gasteiger partial charge >= 0.3 is 0 Å². The number of hydrogen-bond donors (Lipinski definition) is 1. The first-order valence-corrected chi connectivity index (χ1v) is 4.58. The van der Waals surface area contributed by atoms with E-state index in [0.717, 1.165) is 5.92 Å². The van der Waals surface area contributed by atoms with Crippen LogP contribution in [0, 0.1) is 5.92 Å². The molecule has 1 heteroatoms. The van der Waals surface area contributed by atoms with E-state index in [1.807, 2.05) is 13.8 Å². The molecular weight excluding hydrogens is 122 g/mol. The van der Waals surface area contributed by atoms with E-state index >= 15 is 0 Å². The minimum Gasteiger partial charge on any atom is -0.311 e. The second kappa shape index (κ2) is 2.91.